The lowest BCUT2D eigenvalue weighted by atomic mass is 10.2. The Morgan fingerprint density at radius 3 is 2.67 bits per heavy atom. The number of thiophene rings is 1. The van der Waals surface area contributed by atoms with Crippen LogP contribution in [-0.4, -0.2) is 40.9 Å². The van der Waals surface area contributed by atoms with E-state index >= 15 is 0 Å². The van der Waals surface area contributed by atoms with Crippen molar-refractivity contribution in [2.24, 2.45) is 0 Å². The fourth-order valence-corrected chi connectivity index (χ4v) is 3.85. The Morgan fingerprint density at radius 2 is 2.00 bits per heavy atom. The second-order valence-electron chi connectivity index (χ2n) is 6.22. The summed E-state index contributed by atoms with van der Waals surface area (Å²) < 4.78 is 2.14. The van der Waals surface area contributed by atoms with Gasteiger partial charge in [0.15, 0.2) is 0 Å². The number of hydrogen-bond acceptors (Lipinski definition) is 3. The first-order valence-corrected chi connectivity index (χ1v) is 9.19. The number of rotatable bonds is 5. The van der Waals surface area contributed by atoms with E-state index in [1.807, 2.05) is 30.9 Å². The average molecular weight is 345 g/mol. The van der Waals surface area contributed by atoms with E-state index < -0.39 is 0 Å². The molecule has 3 heterocycles. The summed E-state index contributed by atoms with van der Waals surface area (Å²) in [4.78, 5) is 27.6. The van der Waals surface area contributed by atoms with Crippen LogP contribution in [0.2, 0.25) is 0 Å². The number of aromatic nitrogens is 1. The van der Waals surface area contributed by atoms with Crippen LogP contribution in [0, 0.1) is 13.8 Å². The van der Waals surface area contributed by atoms with Gasteiger partial charge in [-0.15, -0.1) is 11.3 Å². The topological polar surface area (TPSA) is 54.3 Å². The molecule has 0 spiro atoms. The lowest BCUT2D eigenvalue weighted by Gasteiger charge is -2.15. The van der Waals surface area contributed by atoms with Gasteiger partial charge in [0.1, 0.15) is 0 Å². The molecule has 0 unspecified atom stereocenters. The molecule has 0 aliphatic carbocycles. The van der Waals surface area contributed by atoms with E-state index in [0.29, 0.717) is 5.56 Å². The summed E-state index contributed by atoms with van der Waals surface area (Å²) in [5, 5.41) is 4.83. The molecular weight excluding hydrogens is 322 g/mol. The predicted octanol–water partition coefficient (Wildman–Crippen LogP) is 2.57. The molecule has 1 aliphatic rings. The third-order valence-electron chi connectivity index (χ3n) is 4.57. The molecule has 1 fully saturated rings. The smallest absolute Gasteiger partial charge is 0.253 e. The maximum atomic E-state index is 12.5. The SMILES string of the molecule is Cc1cc(C(=O)NCC(=O)N2CCCC2)c(C)n1Cc1cccs1. The van der Waals surface area contributed by atoms with E-state index in [1.54, 1.807) is 11.3 Å². The number of carbonyl (C=O) groups is 2. The number of nitrogens with zero attached hydrogens (tertiary/aromatic N) is 2. The Hall–Kier alpha value is -2.08. The molecule has 0 saturated carbocycles. The molecule has 0 aromatic carbocycles. The minimum atomic E-state index is -0.173. The highest BCUT2D eigenvalue weighted by molar-refractivity contribution is 7.09. The van der Waals surface area contributed by atoms with Crippen molar-refractivity contribution in [3.05, 3.63) is 45.4 Å². The molecule has 3 rings (SSSR count). The molecule has 2 aromatic heterocycles. The Morgan fingerprint density at radius 1 is 1.25 bits per heavy atom. The highest BCUT2D eigenvalue weighted by atomic mass is 32.1. The second kappa shape index (κ2) is 7.21. The van der Waals surface area contributed by atoms with E-state index in [9.17, 15) is 9.59 Å². The van der Waals surface area contributed by atoms with Crippen molar-refractivity contribution in [1.82, 2.24) is 14.8 Å². The molecule has 6 heteroatoms. The van der Waals surface area contributed by atoms with Crippen molar-refractivity contribution < 1.29 is 9.59 Å². The molecule has 1 saturated heterocycles. The Balaban J connectivity index is 1.65. The zero-order valence-electron chi connectivity index (χ0n) is 14.2. The summed E-state index contributed by atoms with van der Waals surface area (Å²) in [6, 6.07) is 6.03. The lowest BCUT2D eigenvalue weighted by Crippen LogP contribution is -2.38. The van der Waals surface area contributed by atoms with E-state index in [1.165, 1.54) is 4.88 Å². The quantitative estimate of drug-likeness (QED) is 0.905. The molecule has 24 heavy (non-hydrogen) atoms. The number of carbonyl (C=O) groups excluding carboxylic acids is 2. The molecule has 1 aliphatic heterocycles. The first kappa shape index (κ1) is 16.8. The lowest BCUT2D eigenvalue weighted by molar-refractivity contribution is -0.129. The van der Waals surface area contributed by atoms with Gasteiger partial charge in [0.05, 0.1) is 18.7 Å². The van der Waals surface area contributed by atoms with Gasteiger partial charge in [-0.25, -0.2) is 0 Å². The highest BCUT2D eigenvalue weighted by Gasteiger charge is 2.20. The summed E-state index contributed by atoms with van der Waals surface area (Å²) in [6.45, 7) is 6.43. The Bertz CT molecular complexity index is 728. The summed E-state index contributed by atoms with van der Waals surface area (Å²) in [5.41, 5.74) is 2.64. The third kappa shape index (κ3) is 3.53. The van der Waals surface area contributed by atoms with Crippen molar-refractivity contribution in [2.75, 3.05) is 19.6 Å². The normalized spacial score (nSPS) is 14.2. The van der Waals surface area contributed by atoms with Crippen molar-refractivity contribution >= 4 is 23.2 Å². The third-order valence-corrected chi connectivity index (χ3v) is 5.43. The minimum Gasteiger partial charge on any atom is -0.343 e. The highest BCUT2D eigenvalue weighted by Crippen LogP contribution is 2.19. The average Bonchev–Trinajstić information content (AvgIpc) is 3.30. The van der Waals surface area contributed by atoms with Gasteiger partial charge in [-0.05, 0) is 44.2 Å². The van der Waals surface area contributed by atoms with Gasteiger partial charge in [0.2, 0.25) is 5.91 Å². The maximum absolute atomic E-state index is 12.5. The Labute approximate surface area is 146 Å². The first-order chi connectivity index (χ1) is 11.6. The molecule has 0 bridgehead atoms. The van der Waals surface area contributed by atoms with Crippen LogP contribution in [-0.2, 0) is 11.3 Å². The van der Waals surface area contributed by atoms with Gasteiger partial charge < -0.3 is 14.8 Å². The van der Waals surface area contributed by atoms with E-state index in [-0.39, 0.29) is 18.4 Å². The maximum Gasteiger partial charge on any atom is 0.253 e. The number of aryl methyl sites for hydroxylation is 1. The molecule has 2 aromatic rings. The van der Waals surface area contributed by atoms with Gasteiger partial charge in [-0.1, -0.05) is 6.07 Å². The van der Waals surface area contributed by atoms with E-state index in [4.69, 9.17) is 0 Å². The number of amides is 2. The number of nitrogens with one attached hydrogen (secondary N) is 1. The predicted molar refractivity (Wildman–Crippen MR) is 95.5 cm³/mol. The van der Waals surface area contributed by atoms with Crippen LogP contribution in [0.5, 0.6) is 0 Å². The zero-order chi connectivity index (χ0) is 17.1. The summed E-state index contributed by atoms with van der Waals surface area (Å²) in [6.07, 6.45) is 2.12. The van der Waals surface area contributed by atoms with Crippen molar-refractivity contribution in [1.29, 1.82) is 0 Å². The standard InChI is InChI=1S/C18H23N3O2S/c1-13-10-16(14(2)21(13)12-15-6-5-9-24-15)18(23)19-11-17(22)20-7-3-4-8-20/h5-6,9-10H,3-4,7-8,11-12H2,1-2H3,(H,19,23). The van der Waals surface area contributed by atoms with E-state index in [0.717, 1.165) is 43.9 Å². The monoisotopic (exact) mass is 345 g/mol. The van der Waals surface area contributed by atoms with Crippen LogP contribution in [0.25, 0.3) is 0 Å². The second-order valence-corrected chi connectivity index (χ2v) is 7.25. The molecule has 0 atom stereocenters. The molecule has 128 valence electrons. The summed E-state index contributed by atoms with van der Waals surface area (Å²) >= 11 is 1.71. The van der Waals surface area contributed by atoms with Crippen molar-refractivity contribution in [2.45, 2.75) is 33.2 Å². The van der Waals surface area contributed by atoms with Crippen LogP contribution >= 0.6 is 11.3 Å². The molecule has 2 amide bonds. The summed E-state index contributed by atoms with van der Waals surface area (Å²) in [5.74, 6) is -0.165. The number of hydrogen-bond donors (Lipinski definition) is 1. The first-order valence-electron chi connectivity index (χ1n) is 8.31. The van der Waals surface area contributed by atoms with Crippen molar-refractivity contribution in [3.63, 3.8) is 0 Å². The van der Waals surface area contributed by atoms with Crippen LogP contribution in [0.15, 0.2) is 23.6 Å². The van der Waals surface area contributed by atoms with E-state index in [2.05, 4.69) is 21.3 Å². The molecular formula is C18H23N3O2S. The van der Waals surface area contributed by atoms with Crippen LogP contribution in [0.4, 0.5) is 0 Å². The van der Waals surface area contributed by atoms with Gasteiger partial charge in [-0.3, -0.25) is 9.59 Å². The van der Waals surface area contributed by atoms with Gasteiger partial charge in [0.25, 0.3) is 5.91 Å². The fraction of sp³-hybridized carbons (Fsp3) is 0.444. The zero-order valence-corrected chi connectivity index (χ0v) is 15.0. The summed E-state index contributed by atoms with van der Waals surface area (Å²) in [7, 11) is 0. The van der Waals surface area contributed by atoms with Crippen molar-refractivity contribution in [3.8, 4) is 0 Å². The van der Waals surface area contributed by atoms with Gasteiger partial charge >= 0.3 is 0 Å². The fourth-order valence-electron chi connectivity index (χ4n) is 3.16. The molecule has 0 radical (unpaired) electrons. The van der Waals surface area contributed by atoms with Crippen LogP contribution < -0.4 is 5.32 Å². The largest absolute Gasteiger partial charge is 0.343 e. The molecule has 5 nitrogen and oxygen atoms in total. The number of likely N-dealkylation sites (tertiary alicyclic amines) is 1. The van der Waals surface area contributed by atoms with Crippen LogP contribution in [0.3, 0.4) is 0 Å². The molecule has 1 N–H and O–H groups in total. The van der Waals surface area contributed by atoms with Gasteiger partial charge in [-0.2, -0.15) is 0 Å². The minimum absolute atomic E-state index is 0.00763. The van der Waals surface area contributed by atoms with Crippen LogP contribution in [0.1, 0.15) is 39.5 Å². The Kier molecular flexibility index (Phi) is 5.04. The van der Waals surface area contributed by atoms with Gasteiger partial charge in [0, 0.05) is 29.4 Å².